The average molecular weight is 227 g/mol. The molecule has 5 heteroatoms. The highest BCUT2D eigenvalue weighted by atomic mass is 16.4. The van der Waals surface area contributed by atoms with Gasteiger partial charge in [-0.2, -0.15) is 0 Å². The van der Waals surface area contributed by atoms with E-state index in [1.165, 1.54) is 6.08 Å². The predicted molar refractivity (Wildman–Crippen MR) is 61.6 cm³/mol. The van der Waals surface area contributed by atoms with Crippen molar-refractivity contribution in [3.8, 4) is 0 Å². The lowest BCUT2D eigenvalue weighted by Crippen LogP contribution is -2.15. The van der Waals surface area contributed by atoms with E-state index in [-0.39, 0.29) is 12.0 Å². The third-order valence-electron chi connectivity index (χ3n) is 1.49. The van der Waals surface area contributed by atoms with Crippen molar-refractivity contribution in [1.29, 1.82) is 0 Å². The van der Waals surface area contributed by atoms with Crippen molar-refractivity contribution in [2.45, 2.75) is 19.4 Å². The van der Waals surface area contributed by atoms with E-state index in [0.29, 0.717) is 5.57 Å². The van der Waals surface area contributed by atoms with Gasteiger partial charge in [-0.3, -0.25) is 4.79 Å². The van der Waals surface area contributed by atoms with Gasteiger partial charge in [0.05, 0.1) is 11.7 Å². The first-order chi connectivity index (χ1) is 7.23. The number of amides is 1. The van der Waals surface area contributed by atoms with Crippen LogP contribution in [0.25, 0.3) is 0 Å². The molecule has 4 N–H and O–H groups in total. The SMILES string of the molecule is C=C(C)C(N)=O.C=CCC(O)C(=C)C(=O)O. The largest absolute Gasteiger partial charge is 0.478 e. The van der Waals surface area contributed by atoms with Gasteiger partial charge in [0.1, 0.15) is 0 Å². The molecule has 0 aliphatic carbocycles. The van der Waals surface area contributed by atoms with Gasteiger partial charge in [-0.05, 0) is 13.3 Å². The van der Waals surface area contributed by atoms with Crippen molar-refractivity contribution < 1.29 is 19.8 Å². The minimum Gasteiger partial charge on any atom is -0.478 e. The minimum atomic E-state index is -1.17. The zero-order valence-electron chi connectivity index (χ0n) is 9.27. The number of aliphatic hydroxyl groups excluding tert-OH is 1. The van der Waals surface area contributed by atoms with Crippen molar-refractivity contribution >= 4 is 11.9 Å². The number of carboxylic acids is 1. The second kappa shape index (κ2) is 8.43. The zero-order valence-corrected chi connectivity index (χ0v) is 9.27. The van der Waals surface area contributed by atoms with E-state index < -0.39 is 18.0 Å². The van der Waals surface area contributed by atoms with Crippen molar-refractivity contribution in [1.82, 2.24) is 0 Å². The fourth-order valence-corrected chi connectivity index (χ4v) is 0.443. The van der Waals surface area contributed by atoms with Crippen LogP contribution in [0.4, 0.5) is 0 Å². The maximum absolute atomic E-state index is 10.1. The second-order valence-electron chi connectivity index (χ2n) is 3.02. The summed E-state index contributed by atoms with van der Waals surface area (Å²) in [4.78, 5) is 19.9. The monoisotopic (exact) mass is 227 g/mol. The molecular formula is C11H17NO4. The molecule has 0 spiro atoms. The summed E-state index contributed by atoms with van der Waals surface area (Å²) < 4.78 is 0. The smallest absolute Gasteiger partial charge is 0.333 e. The van der Waals surface area contributed by atoms with Gasteiger partial charge in [0, 0.05) is 5.57 Å². The van der Waals surface area contributed by atoms with E-state index in [1.807, 2.05) is 0 Å². The van der Waals surface area contributed by atoms with E-state index in [4.69, 9.17) is 15.9 Å². The predicted octanol–water partition coefficient (Wildman–Crippen LogP) is 0.612. The van der Waals surface area contributed by atoms with E-state index in [1.54, 1.807) is 6.92 Å². The summed E-state index contributed by atoms with van der Waals surface area (Å²) in [7, 11) is 0. The Morgan fingerprint density at radius 3 is 2.00 bits per heavy atom. The highest BCUT2D eigenvalue weighted by Gasteiger charge is 2.12. The molecule has 1 amide bonds. The number of carboxylic acid groups (broad SMARTS) is 1. The van der Waals surface area contributed by atoms with Crippen LogP contribution in [0.3, 0.4) is 0 Å². The Morgan fingerprint density at radius 2 is 1.81 bits per heavy atom. The molecule has 0 aliphatic heterocycles. The summed E-state index contributed by atoms with van der Waals surface area (Å²) in [5, 5.41) is 17.2. The van der Waals surface area contributed by atoms with Crippen LogP contribution in [-0.2, 0) is 9.59 Å². The molecule has 0 radical (unpaired) electrons. The lowest BCUT2D eigenvalue weighted by molar-refractivity contribution is -0.133. The van der Waals surface area contributed by atoms with Crippen LogP contribution < -0.4 is 5.73 Å². The number of aliphatic hydroxyl groups is 1. The molecule has 5 nitrogen and oxygen atoms in total. The van der Waals surface area contributed by atoms with Crippen LogP contribution in [0, 0.1) is 0 Å². The summed E-state index contributed by atoms with van der Waals surface area (Å²) in [6.07, 6.45) is 0.666. The molecule has 0 aromatic carbocycles. The van der Waals surface area contributed by atoms with Crippen LogP contribution in [0.5, 0.6) is 0 Å². The van der Waals surface area contributed by atoms with Gasteiger partial charge in [0.2, 0.25) is 5.91 Å². The third-order valence-corrected chi connectivity index (χ3v) is 1.49. The summed E-state index contributed by atoms with van der Waals surface area (Å²) >= 11 is 0. The summed E-state index contributed by atoms with van der Waals surface area (Å²) in [5.41, 5.74) is 4.90. The molecule has 1 atom stereocenters. The van der Waals surface area contributed by atoms with Crippen molar-refractivity contribution in [2.24, 2.45) is 5.73 Å². The van der Waals surface area contributed by atoms with Crippen LogP contribution in [0.1, 0.15) is 13.3 Å². The first kappa shape index (κ1) is 16.5. The van der Waals surface area contributed by atoms with Crippen molar-refractivity contribution in [3.63, 3.8) is 0 Å². The minimum absolute atomic E-state index is 0.195. The maximum atomic E-state index is 10.1. The van der Waals surface area contributed by atoms with E-state index >= 15 is 0 Å². The molecule has 0 saturated heterocycles. The molecule has 0 aromatic rings. The molecular weight excluding hydrogens is 210 g/mol. The molecule has 0 heterocycles. The van der Waals surface area contributed by atoms with E-state index in [0.717, 1.165) is 0 Å². The second-order valence-corrected chi connectivity index (χ2v) is 3.02. The molecule has 1 unspecified atom stereocenters. The number of carbonyl (C=O) groups is 2. The fourth-order valence-electron chi connectivity index (χ4n) is 0.443. The van der Waals surface area contributed by atoms with Gasteiger partial charge in [-0.15, -0.1) is 6.58 Å². The van der Waals surface area contributed by atoms with Crippen LogP contribution in [-0.4, -0.2) is 28.2 Å². The van der Waals surface area contributed by atoms with Gasteiger partial charge < -0.3 is 15.9 Å². The zero-order chi connectivity index (χ0) is 13.3. The highest BCUT2D eigenvalue weighted by molar-refractivity contribution is 5.90. The van der Waals surface area contributed by atoms with Gasteiger partial charge >= 0.3 is 5.97 Å². The first-order valence-electron chi connectivity index (χ1n) is 4.40. The number of aliphatic carboxylic acids is 1. The lowest BCUT2D eigenvalue weighted by atomic mass is 10.1. The van der Waals surface area contributed by atoms with E-state index in [2.05, 4.69) is 19.7 Å². The molecule has 0 aromatic heterocycles. The van der Waals surface area contributed by atoms with Crippen molar-refractivity contribution in [3.05, 3.63) is 37.0 Å². The molecule has 0 fully saturated rings. The van der Waals surface area contributed by atoms with Gasteiger partial charge in [0.25, 0.3) is 0 Å². The topological polar surface area (TPSA) is 101 Å². The Kier molecular flexibility index (Phi) is 8.72. The third kappa shape index (κ3) is 8.71. The molecule has 0 aliphatic rings. The maximum Gasteiger partial charge on any atom is 0.333 e. The average Bonchev–Trinajstić information content (AvgIpc) is 2.17. The Balaban J connectivity index is 0. The van der Waals surface area contributed by atoms with Crippen LogP contribution in [0.2, 0.25) is 0 Å². The molecule has 0 bridgehead atoms. The number of primary amides is 1. The quantitative estimate of drug-likeness (QED) is 0.473. The lowest BCUT2D eigenvalue weighted by Gasteiger charge is -2.05. The van der Waals surface area contributed by atoms with Crippen molar-refractivity contribution in [2.75, 3.05) is 0 Å². The standard InChI is InChI=1S/C7H10O3.C4H7NO/c1-3-4-6(8)5(2)7(9)10;1-3(2)4(5)6/h3,6,8H,1-2,4H2,(H,9,10);1H2,2H3,(H2,5,6). The molecule has 0 saturated carbocycles. The van der Waals surface area contributed by atoms with Crippen LogP contribution in [0.15, 0.2) is 37.0 Å². The Bertz CT molecular complexity index is 295. The Morgan fingerprint density at radius 1 is 1.44 bits per heavy atom. The first-order valence-corrected chi connectivity index (χ1v) is 4.40. The number of hydrogen-bond acceptors (Lipinski definition) is 3. The van der Waals surface area contributed by atoms with E-state index in [9.17, 15) is 9.59 Å². The summed E-state index contributed by atoms with van der Waals surface area (Å²) in [5.74, 6) is -1.61. The number of carbonyl (C=O) groups excluding carboxylic acids is 1. The molecule has 90 valence electrons. The van der Waals surface area contributed by atoms with Gasteiger partial charge in [-0.25, -0.2) is 4.79 Å². The van der Waals surface area contributed by atoms with Gasteiger partial charge in [-0.1, -0.05) is 19.2 Å². The highest BCUT2D eigenvalue weighted by Crippen LogP contribution is 2.03. The normalized spacial score (nSPS) is 10.4. The Hall–Kier alpha value is -1.88. The number of hydrogen-bond donors (Lipinski definition) is 3. The summed E-state index contributed by atoms with van der Waals surface area (Å²) in [6.45, 7) is 11.4. The fraction of sp³-hybridized carbons (Fsp3) is 0.273. The number of nitrogens with two attached hydrogens (primary N) is 1. The van der Waals surface area contributed by atoms with Crippen LogP contribution >= 0.6 is 0 Å². The number of rotatable bonds is 5. The molecule has 0 rings (SSSR count). The Labute approximate surface area is 94.6 Å². The van der Waals surface area contributed by atoms with Gasteiger partial charge in [0.15, 0.2) is 0 Å². The summed E-state index contributed by atoms with van der Waals surface area (Å²) in [6, 6.07) is 0. The molecule has 16 heavy (non-hydrogen) atoms.